The molecule has 1 aromatic carbocycles. The minimum atomic E-state index is -3.53. The third kappa shape index (κ3) is 3.40. The van der Waals surface area contributed by atoms with Gasteiger partial charge in [0.15, 0.2) is 5.78 Å². The number of hydrogen-bond acceptors (Lipinski definition) is 4. The molecule has 1 fully saturated rings. The number of ketones is 1. The molecule has 0 atom stereocenters. The van der Waals surface area contributed by atoms with Crippen LogP contribution in [0.3, 0.4) is 0 Å². The van der Waals surface area contributed by atoms with E-state index in [4.69, 9.17) is 5.11 Å². The van der Waals surface area contributed by atoms with Gasteiger partial charge in [-0.05, 0) is 37.8 Å². The topological polar surface area (TPSA) is 83.5 Å². The van der Waals surface area contributed by atoms with E-state index in [0.29, 0.717) is 24.9 Å². The highest BCUT2D eigenvalue weighted by molar-refractivity contribution is 7.89. The maximum Gasteiger partial charge on any atom is 0.240 e. The number of carbonyl (C=O) groups excluding carboxylic acids is 1. The largest absolute Gasteiger partial charge is 0.393 e. The van der Waals surface area contributed by atoms with Crippen molar-refractivity contribution in [2.24, 2.45) is 5.92 Å². The number of sulfonamides is 1. The van der Waals surface area contributed by atoms with Crippen molar-refractivity contribution in [2.45, 2.75) is 30.8 Å². The van der Waals surface area contributed by atoms with Crippen molar-refractivity contribution in [3.8, 4) is 0 Å². The van der Waals surface area contributed by atoms with Crippen LogP contribution in [0, 0.1) is 5.92 Å². The average Bonchev–Trinajstić information content (AvgIpc) is 2.33. The molecule has 0 bridgehead atoms. The van der Waals surface area contributed by atoms with Crippen molar-refractivity contribution < 1.29 is 18.3 Å². The Bertz CT molecular complexity index is 559. The van der Waals surface area contributed by atoms with Gasteiger partial charge < -0.3 is 5.11 Å². The van der Waals surface area contributed by atoms with Crippen molar-refractivity contribution in [3.05, 3.63) is 29.8 Å². The zero-order valence-electron chi connectivity index (χ0n) is 10.7. The second-order valence-corrected chi connectivity index (χ2v) is 6.69. The molecule has 1 saturated carbocycles. The zero-order chi connectivity index (χ0) is 14.0. The first kappa shape index (κ1) is 14.2. The number of aliphatic hydroxyl groups excluding tert-OH is 1. The van der Waals surface area contributed by atoms with Gasteiger partial charge in [-0.2, -0.15) is 0 Å². The smallest absolute Gasteiger partial charge is 0.240 e. The molecule has 0 aliphatic heterocycles. The van der Waals surface area contributed by atoms with Crippen LogP contribution in [0.5, 0.6) is 0 Å². The van der Waals surface area contributed by atoms with Gasteiger partial charge in [-0.3, -0.25) is 4.79 Å². The minimum absolute atomic E-state index is 0.0969. The molecule has 0 spiro atoms. The molecule has 0 heterocycles. The fraction of sp³-hybridized carbons (Fsp3) is 0.462. The number of Topliss-reactive ketones (excluding diaryl/α,β-unsaturated/α-hetero) is 1. The molecule has 1 aliphatic rings. The molecule has 0 unspecified atom stereocenters. The molecule has 1 aromatic rings. The molecule has 0 saturated heterocycles. The number of hydrogen-bond donors (Lipinski definition) is 2. The molecule has 1 aliphatic carbocycles. The molecule has 6 heteroatoms. The van der Waals surface area contributed by atoms with E-state index in [-0.39, 0.29) is 22.7 Å². The van der Waals surface area contributed by atoms with E-state index >= 15 is 0 Å². The van der Waals surface area contributed by atoms with Gasteiger partial charge in [0.05, 0.1) is 11.0 Å². The Hall–Kier alpha value is -1.24. The highest BCUT2D eigenvalue weighted by Crippen LogP contribution is 2.26. The lowest BCUT2D eigenvalue weighted by molar-refractivity contribution is 0.0453. The SMILES string of the molecule is CC(=O)c1ccc(S(=O)(=O)NCC2CC(O)C2)cc1. The Morgan fingerprint density at radius 3 is 2.37 bits per heavy atom. The summed E-state index contributed by atoms with van der Waals surface area (Å²) in [6, 6.07) is 5.86. The summed E-state index contributed by atoms with van der Waals surface area (Å²) in [5, 5.41) is 9.14. The van der Waals surface area contributed by atoms with Crippen LogP contribution in [0.4, 0.5) is 0 Å². The van der Waals surface area contributed by atoms with Gasteiger partial charge in [0.1, 0.15) is 0 Å². The number of nitrogens with one attached hydrogen (secondary N) is 1. The fourth-order valence-corrected chi connectivity index (χ4v) is 3.16. The van der Waals surface area contributed by atoms with Crippen LogP contribution >= 0.6 is 0 Å². The van der Waals surface area contributed by atoms with Crippen molar-refractivity contribution >= 4 is 15.8 Å². The van der Waals surface area contributed by atoms with Crippen LogP contribution in [-0.4, -0.2) is 32.0 Å². The molecule has 0 radical (unpaired) electrons. The Morgan fingerprint density at radius 1 is 1.32 bits per heavy atom. The Kier molecular flexibility index (Phi) is 4.03. The van der Waals surface area contributed by atoms with E-state index in [1.54, 1.807) is 0 Å². The van der Waals surface area contributed by atoms with Gasteiger partial charge in [0.2, 0.25) is 10.0 Å². The van der Waals surface area contributed by atoms with Gasteiger partial charge in [-0.25, -0.2) is 13.1 Å². The third-order valence-electron chi connectivity index (χ3n) is 3.34. The quantitative estimate of drug-likeness (QED) is 0.788. The van der Waals surface area contributed by atoms with Gasteiger partial charge in [-0.15, -0.1) is 0 Å². The van der Waals surface area contributed by atoms with Gasteiger partial charge in [-0.1, -0.05) is 12.1 Å². The summed E-state index contributed by atoms with van der Waals surface area (Å²) in [6.45, 7) is 1.78. The van der Waals surface area contributed by atoms with Gasteiger partial charge in [0, 0.05) is 12.1 Å². The number of rotatable bonds is 5. The van der Waals surface area contributed by atoms with Crippen LogP contribution in [0.15, 0.2) is 29.2 Å². The van der Waals surface area contributed by atoms with E-state index in [9.17, 15) is 13.2 Å². The van der Waals surface area contributed by atoms with Crippen LogP contribution in [0.25, 0.3) is 0 Å². The molecular weight excluding hydrogens is 266 g/mol. The summed E-state index contributed by atoms with van der Waals surface area (Å²) < 4.78 is 26.5. The number of aliphatic hydroxyl groups is 1. The molecule has 2 rings (SSSR count). The zero-order valence-corrected chi connectivity index (χ0v) is 11.5. The molecule has 5 nitrogen and oxygen atoms in total. The summed E-state index contributed by atoms with van der Waals surface area (Å²) in [4.78, 5) is 11.3. The second kappa shape index (κ2) is 5.40. The number of benzene rings is 1. The Labute approximate surface area is 112 Å². The predicted octanol–water partition coefficient (Wildman–Crippen LogP) is 0.938. The summed E-state index contributed by atoms with van der Waals surface area (Å²) >= 11 is 0. The molecule has 0 aromatic heterocycles. The van der Waals surface area contributed by atoms with Crippen molar-refractivity contribution in [2.75, 3.05) is 6.54 Å². The summed E-state index contributed by atoms with van der Waals surface area (Å²) in [7, 11) is -3.53. The summed E-state index contributed by atoms with van der Waals surface area (Å²) in [5.41, 5.74) is 0.487. The lowest BCUT2D eigenvalue weighted by Crippen LogP contribution is -2.38. The Balaban J connectivity index is 2.00. The highest BCUT2D eigenvalue weighted by atomic mass is 32.2. The van der Waals surface area contributed by atoms with E-state index in [1.165, 1.54) is 31.2 Å². The lowest BCUT2D eigenvalue weighted by atomic mass is 9.83. The maximum atomic E-state index is 12.0. The third-order valence-corrected chi connectivity index (χ3v) is 4.78. The van der Waals surface area contributed by atoms with E-state index < -0.39 is 10.0 Å². The van der Waals surface area contributed by atoms with Gasteiger partial charge >= 0.3 is 0 Å². The standard InChI is InChI=1S/C13H17NO4S/c1-9(15)11-2-4-13(5-3-11)19(17,18)14-8-10-6-12(16)7-10/h2-5,10,12,14,16H,6-8H2,1H3. The monoisotopic (exact) mass is 283 g/mol. The molecule has 0 amide bonds. The molecular formula is C13H17NO4S. The Morgan fingerprint density at radius 2 is 1.89 bits per heavy atom. The second-order valence-electron chi connectivity index (χ2n) is 4.92. The molecule has 104 valence electrons. The van der Waals surface area contributed by atoms with Crippen LogP contribution in [0.1, 0.15) is 30.1 Å². The predicted molar refractivity (Wildman–Crippen MR) is 70.4 cm³/mol. The van der Waals surface area contributed by atoms with E-state index in [2.05, 4.69) is 4.72 Å². The van der Waals surface area contributed by atoms with Crippen molar-refractivity contribution in [1.82, 2.24) is 4.72 Å². The fourth-order valence-electron chi connectivity index (χ4n) is 2.05. The van der Waals surface area contributed by atoms with E-state index in [1.807, 2.05) is 0 Å². The summed E-state index contributed by atoms with van der Waals surface area (Å²) in [5.74, 6) is 0.113. The lowest BCUT2D eigenvalue weighted by Gasteiger charge is -2.31. The summed E-state index contributed by atoms with van der Waals surface area (Å²) in [6.07, 6.45) is 1.00. The first-order chi connectivity index (χ1) is 8.88. The number of carbonyl (C=O) groups is 1. The van der Waals surface area contributed by atoms with Gasteiger partial charge in [0.25, 0.3) is 0 Å². The molecule has 19 heavy (non-hydrogen) atoms. The van der Waals surface area contributed by atoms with Crippen LogP contribution < -0.4 is 4.72 Å². The normalized spacial score (nSPS) is 22.8. The van der Waals surface area contributed by atoms with Crippen LogP contribution in [-0.2, 0) is 10.0 Å². The minimum Gasteiger partial charge on any atom is -0.393 e. The first-order valence-corrected chi connectivity index (χ1v) is 7.65. The highest BCUT2D eigenvalue weighted by Gasteiger charge is 2.28. The average molecular weight is 283 g/mol. The van der Waals surface area contributed by atoms with Crippen LogP contribution in [0.2, 0.25) is 0 Å². The molecule has 2 N–H and O–H groups in total. The van der Waals surface area contributed by atoms with Crippen molar-refractivity contribution in [1.29, 1.82) is 0 Å². The van der Waals surface area contributed by atoms with E-state index in [0.717, 1.165) is 0 Å². The maximum absolute atomic E-state index is 12.0. The van der Waals surface area contributed by atoms with Crippen molar-refractivity contribution in [3.63, 3.8) is 0 Å². The first-order valence-electron chi connectivity index (χ1n) is 6.17.